The van der Waals surface area contributed by atoms with Crippen molar-refractivity contribution in [3.63, 3.8) is 0 Å². The summed E-state index contributed by atoms with van der Waals surface area (Å²) in [6.07, 6.45) is 64.0. The first-order valence-electron chi connectivity index (χ1n) is 41.6. The average molecular weight is 1450 g/mol. The van der Waals surface area contributed by atoms with Crippen LogP contribution < -0.4 is 0 Å². The second-order valence-corrected chi connectivity index (χ2v) is 32.2. The van der Waals surface area contributed by atoms with E-state index in [1.165, 1.54) is 244 Å². The summed E-state index contributed by atoms with van der Waals surface area (Å²) in [5.41, 5.74) is 0. The van der Waals surface area contributed by atoms with Crippen molar-refractivity contribution < 1.29 is 80.2 Å². The van der Waals surface area contributed by atoms with E-state index in [1.54, 1.807) is 0 Å². The van der Waals surface area contributed by atoms with Crippen molar-refractivity contribution in [2.45, 2.75) is 445 Å². The number of aliphatic hydroxyl groups excluding tert-OH is 1. The number of carbonyl (C=O) groups is 4. The van der Waals surface area contributed by atoms with Gasteiger partial charge in [-0.1, -0.05) is 375 Å². The molecule has 0 amide bonds. The molecule has 0 saturated heterocycles. The van der Waals surface area contributed by atoms with Crippen LogP contribution in [0.25, 0.3) is 0 Å². The molecule has 2 unspecified atom stereocenters. The Balaban J connectivity index is 5.17. The van der Waals surface area contributed by atoms with Gasteiger partial charge in [-0.25, -0.2) is 9.13 Å². The summed E-state index contributed by atoms with van der Waals surface area (Å²) in [4.78, 5) is 72.8. The lowest BCUT2D eigenvalue weighted by Crippen LogP contribution is -2.30. The predicted molar refractivity (Wildman–Crippen MR) is 405 cm³/mol. The molecule has 0 aromatic heterocycles. The fourth-order valence-corrected chi connectivity index (χ4v) is 14.0. The van der Waals surface area contributed by atoms with Crippen LogP contribution in [0.15, 0.2) is 0 Å². The van der Waals surface area contributed by atoms with Crippen molar-refractivity contribution in [1.82, 2.24) is 0 Å². The van der Waals surface area contributed by atoms with Gasteiger partial charge in [0.25, 0.3) is 0 Å². The van der Waals surface area contributed by atoms with E-state index in [9.17, 15) is 43.2 Å². The molecule has 0 aromatic carbocycles. The first-order chi connectivity index (χ1) is 48.0. The summed E-state index contributed by atoms with van der Waals surface area (Å²) in [6.45, 7) is 7.32. The smallest absolute Gasteiger partial charge is 0.462 e. The third kappa shape index (κ3) is 74.1. The van der Waals surface area contributed by atoms with E-state index in [2.05, 4.69) is 34.6 Å². The number of phosphoric acid groups is 2. The Morgan fingerprint density at radius 3 is 0.687 bits per heavy atom. The summed E-state index contributed by atoms with van der Waals surface area (Å²) < 4.78 is 68.5. The second-order valence-electron chi connectivity index (χ2n) is 29.3. The van der Waals surface area contributed by atoms with Gasteiger partial charge >= 0.3 is 39.5 Å². The molecule has 588 valence electrons. The van der Waals surface area contributed by atoms with Gasteiger partial charge in [-0.15, -0.1) is 0 Å². The van der Waals surface area contributed by atoms with Gasteiger partial charge in [-0.05, 0) is 31.6 Å². The number of hydrogen-bond acceptors (Lipinski definition) is 15. The highest BCUT2D eigenvalue weighted by Crippen LogP contribution is 2.45. The van der Waals surface area contributed by atoms with Crippen LogP contribution in [0.5, 0.6) is 0 Å². The highest BCUT2D eigenvalue weighted by Gasteiger charge is 2.30. The third-order valence-corrected chi connectivity index (χ3v) is 20.7. The third-order valence-electron chi connectivity index (χ3n) is 18.8. The SMILES string of the molecule is CCCCCCCCCCCCCCCCCCCCCC(=O)OC[C@H](COP(=O)(O)OC[C@@H](O)COP(=O)(O)OC[C@@H](COC(=O)CCCCCCCCCC)OC(=O)CCCCCCCCCCCCC)OC(=O)CCCCCCCCCCCCCCCCCCCCC(C)C. The normalized spacial score (nSPS) is 13.9. The minimum atomic E-state index is -4.96. The number of aliphatic hydroxyl groups is 1. The molecular formula is C80H156O17P2. The molecule has 0 spiro atoms. The van der Waals surface area contributed by atoms with Crippen LogP contribution in [-0.2, 0) is 65.4 Å². The van der Waals surface area contributed by atoms with Gasteiger partial charge < -0.3 is 33.8 Å². The Bertz CT molecular complexity index is 1890. The van der Waals surface area contributed by atoms with E-state index < -0.39 is 97.5 Å². The maximum atomic E-state index is 13.1. The molecule has 0 saturated carbocycles. The molecule has 0 aliphatic heterocycles. The van der Waals surface area contributed by atoms with Crippen LogP contribution in [0, 0.1) is 5.92 Å². The van der Waals surface area contributed by atoms with E-state index in [0.717, 1.165) is 102 Å². The molecule has 0 radical (unpaired) electrons. The molecule has 0 aliphatic rings. The zero-order chi connectivity index (χ0) is 72.7. The van der Waals surface area contributed by atoms with E-state index >= 15 is 0 Å². The van der Waals surface area contributed by atoms with Crippen molar-refractivity contribution in [3.05, 3.63) is 0 Å². The number of phosphoric ester groups is 2. The highest BCUT2D eigenvalue weighted by atomic mass is 31.2. The molecule has 99 heavy (non-hydrogen) atoms. The molecule has 0 aliphatic carbocycles. The number of ether oxygens (including phenoxy) is 4. The standard InChI is InChI=1S/C80H156O17P2/c1-6-9-12-15-18-21-23-24-25-26-27-31-34-37-41-44-49-54-59-64-78(83)91-70-76(97-80(85)66-61-56-51-46-42-38-35-32-29-28-30-33-36-40-43-47-52-57-62-73(4)5)72-95-99(88,89)93-68-74(81)67-92-98(86,87)94-71-75(69-90-77(82)63-58-53-48-20-17-14-11-8-3)96-79(84)65-60-55-50-45-39-22-19-16-13-10-7-2/h73-76,81H,6-72H2,1-5H3,(H,86,87)(H,88,89)/t74-,75+,76+/m0/s1. The van der Waals surface area contributed by atoms with Crippen LogP contribution in [-0.4, -0.2) is 96.7 Å². The van der Waals surface area contributed by atoms with Crippen molar-refractivity contribution in [3.8, 4) is 0 Å². The van der Waals surface area contributed by atoms with Crippen LogP contribution in [0.1, 0.15) is 426 Å². The lowest BCUT2D eigenvalue weighted by molar-refractivity contribution is -0.161. The topological polar surface area (TPSA) is 237 Å². The molecule has 0 heterocycles. The molecule has 17 nitrogen and oxygen atoms in total. The quantitative estimate of drug-likeness (QED) is 0.0222. The van der Waals surface area contributed by atoms with Crippen molar-refractivity contribution in [2.75, 3.05) is 39.6 Å². The maximum absolute atomic E-state index is 13.1. The highest BCUT2D eigenvalue weighted by molar-refractivity contribution is 7.47. The lowest BCUT2D eigenvalue weighted by atomic mass is 10.0. The minimum absolute atomic E-state index is 0.107. The first-order valence-corrected chi connectivity index (χ1v) is 44.6. The summed E-state index contributed by atoms with van der Waals surface area (Å²) in [7, 11) is -9.91. The van der Waals surface area contributed by atoms with Crippen LogP contribution in [0.3, 0.4) is 0 Å². The van der Waals surface area contributed by atoms with Crippen molar-refractivity contribution in [1.29, 1.82) is 0 Å². The molecule has 0 rings (SSSR count). The van der Waals surface area contributed by atoms with Gasteiger partial charge in [0.1, 0.15) is 19.3 Å². The number of carbonyl (C=O) groups excluding carboxylic acids is 4. The van der Waals surface area contributed by atoms with Crippen molar-refractivity contribution >= 4 is 39.5 Å². The van der Waals surface area contributed by atoms with Crippen molar-refractivity contribution in [2.24, 2.45) is 5.92 Å². The van der Waals surface area contributed by atoms with Crippen LogP contribution in [0.2, 0.25) is 0 Å². The number of esters is 4. The lowest BCUT2D eigenvalue weighted by Gasteiger charge is -2.21. The number of unbranched alkanes of at least 4 members (excludes halogenated alkanes) is 52. The molecule has 0 bridgehead atoms. The average Bonchev–Trinajstić information content (AvgIpc) is 1.28. The Kier molecular flexibility index (Phi) is 71.6. The maximum Gasteiger partial charge on any atom is 0.472 e. The van der Waals surface area contributed by atoms with Gasteiger partial charge in [0.2, 0.25) is 0 Å². The van der Waals surface area contributed by atoms with E-state index in [0.29, 0.717) is 25.7 Å². The Labute approximate surface area is 607 Å². The Morgan fingerprint density at radius 1 is 0.273 bits per heavy atom. The van der Waals surface area contributed by atoms with Crippen LogP contribution in [0.4, 0.5) is 0 Å². The molecule has 0 aromatic rings. The molecular weight excluding hydrogens is 1290 g/mol. The predicted octanol–water partition coefficient (Wildman–Crippen LogP) is 24.0. The number of rotatable bonds is 80. The molecule has 3 N–H and O–H groups in total. The van der Waals surface area contributed by atoms with Gasteiger partial charge in [-0.2, -0.15) is 0 Å². The Morgan fingerprint density at radius 2 is 0.465 bits per heavy atom. The zero-order valence-electron chi connectivity index (χ0n) is 64.6. The molecule has 5 atom stereocenters. The second kappa shape index (κ2) is 73.0. The minimum Gasteiger partial charge on any atom is -0.462 e. The monoisotopic (exact) mass is 1450 g/mol. The van der Waals surface area contributed by atoms with E-state index in [4.69, 9.17) is 37.0 Å². The first kappa shape index (κ1) is 97.1. The summed E-state index contributed by atoms with van der Waals surface area (Å²) in [5.74, 6) is -1.29. The zero-order valence-corrected chi connectivity index (χ0v) is 66.4. The number of hydrogen-bond donors (Lipinski definition) is 3. The Hall–Kier alpha value is -1.94. The summed E-state index contributed by atoms with van der Waals surface area (Å²) in [6, 6.07) is 0. The van der Waals surface area contributed by atoms with Gasteiger partial charge in [0.05, 0.1) is 26.4 Å². The molecule has 19 heteroatoms. The molecule has 0 fully saturated rings. The summed E-state index contributed by atoms with van der Waals surface area (Å²) >= 11 is 0. The van der Waals surface area contributed by atoms with Gasteiger partial charge in [0, 0.05) is 25.7 Å². The van der Waals surface area contributed by atoms with Gasteiger partial charge in [-0.3, -0.25) is 37.3 Å². The summed E-state index contributed by atoms with van der Waals surface area (Å²) in [5, 5.41) is 10.6. The fraction of sp³-hybridized carbons (Fsp3) is 0.950. The van der Waals surface area contributed by atoms with Gasteiger partial charge in [0.15, 0.2) is 12.2 Å². The fourth-order valence-electron chi connectivity index (χ4n) is 12.4. The van der Waals surface area contributed by atoms with Crippen LogP contribution >= 0.6 is 15.6 Å². The van der Waals surface area contributed by atoms with E-state index in [-0.39, 0.29) is 25.7 Å². The van der Waals surface area contributed by atoms with E-state index in [1.807, 2.05) is 0 Å². The largest absolute Gasteiger partial charge is 0.472 e.